The number of rotatable bonds is 4. The molecule has 0 bridgehead atoms. The fraction of sp³-hybridized carbons (Fsp3) is 0.357. The monoisotopic (exact) mass is 276 g/mol. The van der Waals surface area contributed by atoms with Gasteiger partial charge in [-0.25, -0.2) is 4.79 Å². The van der Waals surface area contributed by atoms with Crippen molar-refractivity contribution in [2.45, 2.75) is 25.4 Å². The summed E-state index contributed by atoms with van der Waals surface area (Å²) in [6.07, 6.45) is 2.03. The maximum absolute atomic E-state index is 11.8. The van der Waals surface area contributed by atoms with Crippen LogP contribution in [-0.2, 0) is 16.1 Å². The van der Waals surface area contributed by atoms with Crippen LogP contribution in [0.3, 0.4) is 0 Å². The normalized spacial score (nSPS) is 20.1. The summed E-state index contributed by atoms with van der Waals surface area (Å²) >= 11 is 0. The molecule has 1 heterocycles. The zero-order valence-corrected chi connectivity index (χ0v) is 11.2. The molecule has 1 fully saturated rings. The molecule has 1 aromatic rings. The number of hydrogen-bond acceptors (Lipinski definition) is 5. The minimum absolute atomic E-state index is 0.354. The highest BCUT2D eigenvalue weighted by Gasteiger charge is 2.35. The summed E-state index contributed by atoms with van der Waals surface area (Å²) in [6.45, 7) is 0.459. The van der Waals surface area contributed by atoms with Crippen LogP contribution in [0.2, 0.25) is 0 Å². The highest BCUT2D eigenvalue weighted by Crippen LogP contribution is 2.30. The molecular weight excluding hydrogens is 260 g/mol. The number of nitrogens with zero attached hydrogens (tertiary/aromatic N) is 2. The largest absolute Gasteiger partial charge is 0.467 e. The molecule has 0 spiro atoms. The molecule has 2 rings (SSSR count). The Hall–Kier alpha value is -2.37. The third kappa shape index (κ3) is 3.14. The van der Waals surface area contributed by atoms with E-state index in [0.29, 0.717) is 25.1 Å². The molecule has 0 aliphatic carbocycles. The van der Waals surface area contributed by atoms with Gasteiger partial charge in [-0.1, -0.05) is 30.3 Å². The predicted octanol–water partition coefficient (Wildman–Crippen LogP) is 1.94. The minimum Gasteiger partial charge on any atom is -0.467 e. The molecule has 0 amide bonds. The number of esters is 1. The molecule has 0 radical (unpaired) electrons. The summed E-state index contributed by atoms with van der Waals surface area (Å²) in [6, 6.07) is 9.10. The second-order valence-electron chi connectivity index (χ2n) is 4.60. The van der Waals surface area contributed by atoms with Crippen molar-refractivity contribution in [3.05, 3.63) is 57.9 Å². The molecule has 0 unspecified atom stereocenters. The zero-order valence-electron chi connectivity index (χ0n) is 11.2. The zero-order chi connectivity index (χ0) is 14.5. The molecule has 0 aromatic heterocycles. The van der Waals surface area contributed by atoms with Crippen molar-refractivity contribution in [3.63, 3.8) is 0 Å². The van der Waals surface area contributed by atoms with Gasteiger partial charge in [-0.15, -0.1) is 0 Å². The van der Waals surface area contributed by atoms with Gasteiger partial charge in [0.05, 0.1) is 17.7 Å². The van der Waals surface area contributed by atoms with Gasteiger partial charge >= 0.3 is 5.97 Å². The first-order valence-electron chi connectivity index (χ1n) is 6.34. The van der Waals surface area contributed by atoms with Gasteiger partial charge in [0, 0.05) is 6.54 Å². The molecule has 0 saturated carbocycles. The maximum atomic E-state index is 11.8. The molecule has 1 saturated heterocycles. The molecule has 6 heteroatoms. The smallest absolute Gasteiger partial charge is 0.328 e. The molecule has 6 nitrogen and oxygen atoms in total. The summed E-state index contributed by atoms with van der Waals surface area (Å²) < 4.78 is 4.78. The Kier molecular flexibility index (Phi) is 4.34. The van der Waals surface area contributed by atoms with Crippen LogP contribution in [0.25, 0.3) is 0 Å². The van der Waals surface area contributed by atoms with E-state index in [1.807, 2.05) is 30.3 Å². The standard InChI is InChI=1S/C14H16N2O4/c1-20-14(17)13-8-7-12(10-16(18)19)15(13)9-11-5-3-2-4-6-11/h2-6,10,13H,7-9H2,1H3/b12-10+/t13-/m1/s1. The number of likely N-dealkylation sites (tertiary alicyclic amines) is 1. The lowest BCUT2D eigenvalue weighted by molar-refractivity contribution is -0.404. The van der Waals surface area contributed by atoms with E-state index in [2.05, 4.69) is 0 Å². The van der Waals surface area contributed by atoms with Crippen LogP contribution in [0, 0.1) is 10.1 Å². The molecule has 20 heavy (non-hydrogen) atoms. The third-order valence-electron chi connectivity index (χ3n) is 3.34. The van der Waals surface area contributed by atoms with Crippen molar-refractivity contribution >= 4 is 5.97 Å². The number of benzene rings is 1. The first-order chi connectivity index (χ1) is 9.61. The first kappa shape index (κ1) is 14.0. The van der Waals surface area contributed by atoms with Gasteiger partial charge in [-0.3, -0.25) is 10.1 Å². The average Bonchev–Trinajstić information content (AvgIpc) is 2.81. The van der Waals surface area contributed by atoms with E-state index in [1.54, 1.807) is 4.90 Å². The fourth-order valence-corrected chi connectivity index (χ4v) is 2.42. The Labute approximate surface area is 116 Å². The Bertz CT molecular complexity index is 527. The van der Waals surface area contributed by atoms with Crippen LogP contribution >= 0.6 is 0 Å². The summed E-state index contributed by atoms with van der Waals surface area (Å²) in [5, 5.41) is 10.7. The van der Waals surface area contributed by atoms with Crippen molar-refractivity contribution in [2.75, 3.05) is 7.11 Å². The van der Waals surface area contributed by atoms with Crippen molar-refractivity contribution < 1.29 is 14.5 Å². The Morgan fingerprint density at radius 2 is 2.20 bits per heavy atom. The second kappa shape index (κ2) is 6.18. The van der Waals surface area contributed by atoms with Gasteiger partial charge < -0.3 is 9.64 Å². The van der Waals surface area contributed by atoms with Crippen LogP contribution in [0.4, 0.5) is 0 Å². The summed E-state index contributed by atoms with van der Waals surface area (Å²) in [4.78, 5) is 23.7. The van der Waals surface area contributed by atoms with E-state index in [4.69, 9.17) is 4.74 Å². The maximum Gasteiger partial charge on any atom is 0.328 e. The van der Waals surface area contributed by atoms with Crippen molar-refractivity contribution in [1.29, 1.82) is 0 Å². The van der Waals surface area contributed by atoms with E-state index >= 15 is 0 Å². The van der Waals surface area contributed by atoms with E-state index in [-0.39, 0.29) is 5.97 Å². The average molecular weight is 276 g/mol. The highest BCUT2D eigenvalue weighted by molar-refractivity contribution is 5.76. The summed E-state index contributed by atoms with van der Waals surface area (Å²) in [7, 11) is 1.33. The Morgan fingerprint density at radius 3 is 2.80 bits per heavy atom. The molecule has 1 aromatic carbocycles. The van der Waals surface area contributed by atoms with E-state index < -0.39 is 11.0 Å². The molecule has 1 aliphatic rings. The lowest BCUT2D eigenvalue weighted by atomic mass is 10.2. The van der Waals surface area contributed by atoms with Crippen molar-refractivity contribution in [2.24, 2.45) is 0 Å². The first-order valence-corrected chi connectivity index (χ1v) is 6.34. The molecule has 106 valence electrons. The van der Waals surface area contributed by atoms with Crippen LogP contribution in [0.1, 0.15) is 18.4 Å². The van der Waals surface area contributed by atoms with Crippen molar-refractivity contribution in [1.82, 2.24) is 4.90 Å². The number of methoxy groups -OCH3 is 1. The number of allylic oxidation sites excluding steroid dienone is 1. The van der Waals surface area contributed by atoms with Gasteiger partial charge in [0.1, 0.15) is 6.04 Å². The van der Waals surface area contributed by atoms with Gasteiger partial charge in [0.25, 0.3) is 6.20 Å². The summed E-state index contributed by atoms with van der Waals surface area (Å²) in [5.74, 6) is -0.354. The number of nitro groups is 1. The lowest BCUT2D eigenvalue weighted by Gasteiger charge is -2.25. The molecular formula is C14H16N2O4. The molecule has 0 N–H and O–H groups in total. The van der Waals surface area contributed by atoms with Crippen LogP contribution < -0.4 is 0 Å². The van der Waals surface area contributed by atoms with Gasteiger partial charge in [-0.2, -0.15) is 0 Å². The van der Waals surface area contributed by atoms with Crippen LogP contribution in [0.15, 0.2) is 42.2 Å². The fourth-order valence-electron chi connectivity index (χ4n) is 2.42. The highest BCUT2D eigenvalue weighted by atomic mass is 16.6. The predicted molar refractivity (Wildman–Crippen MR) is 72.1 cm³/mol. The number of hydrogen-bond donors (Lipinski definition) is 0. The number of carbonyl (C=O) groups is 1. The third-order valence-corrected chi connectivity index (χ3v) is 3.34. The van der Waals surface area contributed by atoms with Gasteiger partial charge in [-0.05, 0) is 18.4 Å². The van der Waals surface area contributed by atoms with Crippen LogP contribution in [0.5, 0.6) is 0 Å². The second-order valence-corrected chi connectivity index (χ2v) is 4.60. The topological polar surface area (TPSA) is 72.7 Å². The van der Waals surface area contributed by atoms with E-state index in [1.165, 1.54) is 7.11 Å². The molecule has 1 atom stereocenters. The minimum atomic E-state index is -0.479. The van der Waals surface area contributed by atoms with E-state index in [0.717, 1.165) is 11.8 Å². The Balaban J connectivity index is 2.24. The number of carbonyl (C=O) groups excluding carboxylic acids is 1. The van der Waals surface area contributed by atoms with Crippen LogP contribution in [-0.4, -0.2) is 28.9 Å². The van der Waals surface area contributed by atoms with Gasteiger partial charge in [0.15, 0.2) is 0 Å². The van der Waals surface area contributed by atoms with Crippen molar-refractivity contribution in [3.8, 4) is 0 Å². The lowest BCUT2D eigenvalue weighted by Crippen LogP contribution is -2.35. The molecule has 1 aliphatic heterocycles. The quantitative estimate of drug-likeness (QED) is 0.477. The Morgan fingerprint density at radius 1 is 1.50 bits per heavy atom. The van der Waals surface area contributed by atoms with Gasteiger partial charge in [0.2, 0.25) is 0 Å². The SMILES string of the molecule is COC(=O)[C@H]1CC/C(=C\[N+](=O)[O-])N1Cc1ccccc1. The number of ether oxygens (including phenoxy) is 1. The summed E-state index contributed by atoms with van der Waals surface area (Å²) in [5.41, 5.74) is 1.56. The van der Waals surface area contributed by atoms with E-state index in [9.17, 15) is 14.9 Å².